The summed E-state index contributed by atoms with van der Waals surface area (Å²) in [6, 6.07) is 34.3. The van der Waals surface area contributed by atoms with Gasteiger partial charge in [0, 0.05) is 11.3 Å². The molecule has 0 atom stereocenters. The number of nitrogens with zero attached hydrogens (tertiary/aromatic N) is 2. The van der Waals surface area contributed by atoms with Gasteiger partial charge in [0.05, 0.1) is 24.7 Å². The van der Waals surface area contributed by atoms with E-state index < -0.39 is 36.3 Å². The Morgan fingerprint density at radius 3 is 1.81 bits per heavy atom. The van der Waals surface area contributed by atoms with Crippen LogP contribution >= 0.6 is 0 Å². The molecule has 0 aliphatic heterocycles. The van der Waals surface area contributed by atoms with Crippen LogP contribution in [0.5, 0.6) is 0 Å². The van der Waals surface area contributed by atoms with Crippen LogP contribution < -0.4 is 0 Å². The van der Waals surface area contributed by atoms with Crippen LogP contribution in [-0.2, 0) is 0 Å². The molecule has 0 saturated heterocycles. The van der Waals surface area contributed by atoms with Gasteiger partial charge in [0.25, 0.3) is 0 Å². The SMILES string of the molecule is [2H]c1c([2H])c([2H])c(-c2ccc3c(-c4cccc(-c5nc6ccccc6n5-c5ccccc5)c4)c4ccccc4c(-c4c([2H])c([2H])c([2H])c([2H])c4[2H])c3c2)c([2H])c1[2H]. The van der Waals surface area contributed by atoms with Crippen LogP contribution in [0.1, 0.15) is 13.7 Å². The number of fused-ring (bicyclic) bond motifs is 3. The summed E-state index contributed by atoms with van der Waals surface area (Å²) in [5.74, 6) is 0.733. The summed E-state index contributed by atoms with van der Waals surface area (Å²) < 4.78 is 88.2. The molecule has 0 radical (unpaired) electrons. The maximum absolute atomic E-state index is 9.06. The van der Waals surface area contributed by atoms with E-state index in [1.54, 1.807) is 12.1 Å². The Morgan fingerprint density at radius 1 is 0.426 bits per heavy atom. The quantitative estimate of drug-likeness (QED) is 0.178. The molecule has 8 aromatic carbocycles. The van der Waals surface area contributed by atoms with Crippen molar-refractivity contribution in [2.45, 2.75) is 0 Å². The van der Waals surface area contributed by atoms with Crippen molar-refractivity contribution in [3.63, 3.8) is 0 Å². The molecule has 2 heteroatoms. The predicted molar refractivity (Wildman–Crippen MR) is 198 cm³/mol. The minimum absolute atomic E-state index is 0.00251. The first-order valence-electron chi connectivity index (χ1n) is 20.2. The van der Waals surface area contributed by atoms with E-state index in [4.69, 9.17) is 18.7 Å². The highest BCUT2D eigenvalue weighted by atomic mass is 15.1. The third-order valence-electron chi connectivity index (χ3n) is 8.55. The maximum Gasteiger partial charge on any atom is 0.145 e. The normalized spacial score (nSPS) is 14.4. The monoisotopic (exact) mass is 608 g/mol. The molecule has 0 bridgehead atoms. The molecule has 220 valence electrons. The number of para-hydroxylation sites is 3. The van der Waals surface area contributed by atoms with Gasteiger partial charge in [-0.3, -0.25) is 4.57 Å². The lowest BCUT2D eigenvalue weighted by Gasteiger charge is -2.19. The second-order valence-electron chi connectivity index (χ2n) is 11.2. The standard InChI is InChI=1S/C45H30N2/c1-4-15-31(16-5-1)33-27-28-39-40(30-33)43(32-17-6-2-7-18-32)37-23-10-11-24-38(37)44(39)34-19-14-20-35(29-34)45-46-41-25-12-13-26-42(41)47(45)36-21-8-3-9-22-36/h1-30H/i1D,2D,4D,5D,6D,7D,15D,16D,17D,18D. The molecule has 1 heterocycles. The second-order valence-corrected chi connectivity index (χ2v) is 11.2. The molecule has 0 unspecified atom stereocenters. The summed E-state index contributed by atoms with van der Waals surface area (Å²) in [6.07, 6.45) is 0. The minimum Gasteiger partial charge on any atom is -0.292 e. The molecule has 0 amide bonds. The van der Waals surface area contributed by atoms with E-state index in [1.807, 2.05) is 103 Å². The summed E-state index contributed by atoms with van der Waals surface area (Å²) in [5, 5.41) is 2.52. The van der Waals surface area contributed by atoms with Crippen molar-refractivity contribution in [1.29, 1.82) is 0 Å². The number of benzene rings is 8. The first kappa shape index (κ1) is 18.7. The number of hydrogen-bond donors (Lipinski definition) is 0. The van der Waals surface area contributed by atoms with Crippen molar-refractivity contribution < 1.29 is 13.7 Å². The lowest BCUT2D eigenvalue weighted by atomic mass is 9.84. The van der Waals surface area contributed by atoms with Crippen molar-refractivity contribution >= 4 is 32.6 Å². The largest absolute Gasteiger partial charge is 0.292 e. The first-order chi connectivity index (χ1) is 27.5. The van der Waals surface area contributed by atoms with Gasteiger partial charge in [0.2, 0.25) is 0 Å². The third-order valence-corrected chi connectivity index (χ3v) is 8.55. The van der Waals surface area contributed by atoms with Gasteiger partial charge in [0.15, 0.2) is 0 Å². The van der Waals surface area contributed by atoms with Gasteiger partial charge < -0.3 is 0 Å². The van der Waals surface area contributed by atoms with Crippen molar-refractivity contribution in [2.75, 3.05) is 0 Å². The molecule has 1 aromatic heterocycles. The van der Waals surface area contributed by atoms with Gasteiger partial charge in [-0.2, -0.15) is 0 Å². The minimum atomic E-state index is -0.517. The summed E-state index contributed by atoms with van der Waals surface area (Å²) in [4.78, 5) is 5.09. The topological polar surface area (TPSA) is 17.8 Å². The molecule has 0 N–H and O–H groups in total. The van der Waals surface area contributed by atoms with Crippen LogP contribution in [-0.4, -0.2) is 9.55 Å². The van der Waals surface area contributed by atoms with Gasteiger partial charge in [-0.05, 0) is 91.3 Å². The zero-order valence-electron chi connectivity index (χ0n) is 34.9. The fourth-order valence-corrected chi connectivity index (χ4v) is 6.56. The Hall–Kier alpha value is -6.25. The van der Waals surface area contributed by atoms with E-state index >= 15 is 0 Å². The molecule has 0 aliphatic carbocycles. The van der Waals surface area contributed by atoms with Crippen molar-refractivity contribution in [2.24, 2.45) is 0 Å². The van der Waals surface area contributed by atoms with Crippen LogP contribution in [0.4, 0.5) is 0 Å². The molecule has 0 fully saturated rings. The van der Waals surface area contributed by atoms with E-state index in [0.717, 1.165) is 44.6 Å². The van der Waals surface area contributed by atoms with Gasteiger partial charge >= 0.3 is 0 Å². The van der Waals surface area contributed by atoms with Crippen molar-refractivity contribution in [3.05, 3.63) is 182 Å². The zero-order chi connectivity index (χ0) is 39.9. The Kier molecular flexibility index (Phi) is 4.48. The lowest BCUT2D eigenvalue weighted by Crippen LogP contribution is -1.97. The number of rotatable bonds is 5. The van der Waals surface area contributed by atoms with E-state index in [0.29, 0.717) is 27.3 Å². The predicted octanol–water partition coefficient (Wildman–Crippen LogP) is 12.0. The fraction of sp³-hybridized carbons (Fsp3) is 0. The van der Waals surface area contributed by atoms with Gasteiger partial charge in [-0.1, -0.05) is 145 Å². The van der Waals surface area contributed by atoms with Gasteiger partial charge in [-0.15, -0.1) is 0 Å². The van der Waals surface area contributed by atoms with Gasteiger partial charge in [0.1, 0.15) is 5.82 Å². The highest BCUT2D eigenvalue weighted by molar-refractivity contribution is 6.22. The summed E-state index contributed by atoms with van der Waals surface area (Å²) in [7, 11) is 0. The zero-order valence-corrected chi connectivity index (χ0v) is 24.9. The average Bonchev–Trinajstić information content (AvgIpc) is 3.64. The maximum atomic E-state index is 9.06. The molecule has 0 spiro atoms. The Balaban J connectivity index is 1.40. The molecular weight excluding hydrogens is 569 g/mol. The van der Waals surface area contributed by atoms with Crippen LogP contribution in [0.2, 0.25) is 0 Å². The first-order valence-corrected chi connectivity index (χ1v) is 15.2. The van der Waals surface area contributed by atoms with E-state index in [9.17, 15) is 0 Å². The van der Waals surface area contributed by atoms with E-state index in [-0.39, 0.29) is 35.3 Å². The molecule has 47 heavy (non-hydrogen) atoms. The number of hydrogen-bond acceptors (Lipinski definition) is 1. The van der Waals surface area contributed by atoms with Crippen LogP contribution in [0.3, 0.4) is 0 Å². The molecule has 0 aliphatic rings. The molecule has 9 aromatic rings. The Labute approximate surface area is 287 Å². The lowest BCUT2D eigenvalue weighted by molar-refractivity contribution is 1.10. The smallest absolute Gasteiger partial charge is 0.145 e. The van der Waals surface area contributed by atoms with Crippen molar-refractivity contribution in [1.82, 2.24) is 9.55 Å². The van der Waals surface area contributed by atoms with Gasteiger partial charge in [-0.25, -0.2) is 4.98 Å². The molecule has 0 saturated carbocycles. The molecule has 9 rings (SSSR count). The van der Waals surface area contributed by atoms with Crippen LogP contribution in [0.25, 0.3) is 83.0 Å². The summed E-state index contributed by atoms with van der Waals surface area (Å²) >= 11 is 0. The fourth-order valence-electron chi connectivity index (χ4n) is 6.56. The third kappa shape index (κ3) is 4.62. The van der Waals surface area contributed by atoms with Crippen molar-refractivity contribution in [3.8, 4) is 50.5 Å². The highest BCUT2D eigenvalue weighted by Crippen LogP contribution is 2.45. The van der Waals surface area contributed by atoms with Crippen LogP contribution in [0.15, 0.2) is 182 Å². The Morgan fingerprint density at radius 2 is 1.04 bits per heavy atom. The highest BCUT2D eigenvalue weighted by Gasteiger charge is 2.19. The summed E-state index contributed by atoms with van der Waals surface area (Å²) in [6.45, 7) is 0. The summed E-state index contributed by atoms with van der Waals surface area (Å²) in [5.41, 5.74) is 5.88. The number of imidazole rings is 1. The second kappa shape index (κ2) is 11.3. The average molecular weight is 609 g/mol. The number of aromatic nitrogens is 2. The van der Waals surface area contributed by atoms with Crippen LogP contribution in [0, 0.1) is 0 Å². The molecule has 2 nitrogen and oxygen atoms in total. The van der Waals surface area contributed by atoms with E-state index in [2.05, 4.69) is 10.6 Å². The van der Waals surface area contributed by atoms with E-state index in [1.165, 1.54) is 0 Å². The molecular formula is C45H30N2. The Bertz CT molecular complexity index is 3080.